The van der Waals surface area contributed by atoms with Gasteiger partial charge in [-0.05, 0) is 68.3 Å². The summed E-state index contributed by atoms with van der Waals surface area (Å²) in [6.45, 7) is 5.42. The molecule has 4 amide bonds. The molecule has 1 saturated heterocycles. The number of nitrogens with one attached hydrogen (secondary N) is 1. The van der Waals surface area contributed by atoms with E-state index < -0.39 is 23.8 Å². The molecule has 2 heterocycles. The molecule has 1 aromatic heterocycles. The fourth-order valence-corrected chi connectivity index (χ4v) is 3.96. The van der Waals surface area contributed by atoms with E-state index in [4.69, 9.17) is 0 Å². The maximum Gasteiger partial charge on any atom is 0.335 e. The van der Waals surface area contributed by atoms with Crippen LogP contribution in [0.2, 0.25) is 0 Å². The van der Waals surface area contributed by atoms with Crippen molar-refractivity contribution in [3.8, 4) is 5.69 Å². The lowest BCUT2D eigenvalue weighted by molar-refractivity contribution is -0.122. The molecular formula is C25H21N3O5. The van der Waals surface area contributed by atoms with Crippen molar-refractivity contribution in [1.29, 1.82) is 0 Å². The van der Waals surface area contributed by atoms with Gasteiger partial charge in [0.25, 0.3) is 11.8 Å². The number of amides is 4. The van der Waals surface area contributed by atoms with E-state index in [-0.39, 0.29) is 11.1 Å². The van der Waals surface area contributed by atoms with E-state index in [0.717, 1.165) is 10.6 Å². The number of nitrogens with zero attached hydrogens (tertiary/aromatic N) is 2. The van der Waals surface area contributed by atoms with E-state index in [1.165, 1.54) is 12.1 Å². The Bertz CT molecular complexity index is 1370. The Balaban J connectivity index is 1.78. The molecule has 2 aromatic carbocycles. The minimum absolute atomic E-state index is 0.147. The minimum Gasteiger partial charge on any atom is -0.478 e. The molecule has 0 unspecified atom stereocenters. The topological polar surface area (TPSA) is 109 Å². The third-order valence-corrected chi connectivity index (χ3v) is 5.58. The van der Waals surface area contributed by atoms with Gasteiger partial charge < -0.3 is 9.67 Å². The van der Waals surface area contributed by atoms with Crippen molar-refractivity contribution in [1.82, 2.24) is 9.88 Å². The number of imide groups is 2. The van der Waals surface area contributed by atoms with Crippen molar-refractivity contribution >= 4 is 35.6 Å². The first-order valence-electron chi connectivity index (χ1n) is 10.2. The highest BCUT2D eigenvalue weighted by molar-refractivity contribution is 6.39. The van der Waals surface area contributed by atoms with Crippen molar-refractivity contribution in [2.24, 2.45) is 0 Å². The second-order valence-electron chi connectivity index (χ2n) is 7.76. The number of aromatic carboxylic acids is 1. The fourth-order valence-electron chi connectivity index (χ4n) is 3.96. The maximum atomic E-state index is 13.2. The Morgan fingerprint density at radius 1 is 0.970 bits per heavy atom. The van der Waals surface area contributed by atoms with Crippen LogP contribution in [-0.4, -0.2) is 33.5 Å². The van der Waals surface area contributed by atoms with Gasteiger partial charge in [-0.25, -0.2) is 14.5 Å². The molecule has 8 nitrogen and oxygen atoms in total. The van der Waals surface area contributed by atoms with Gasteiger partial charge in [-0.15, -0.1) is 0 Å². The van der Waals surface area contributed by atoms with E-state index in [1.54, 1.807) is 55.5 Å². The number of carbonyl (C=O) groups is 4. The van der Waals surface area contributed by atoms with E-state index in [1.807, 2.05) is 18.4 Å². The van der Waals surface area contributed by atoms with Crippen molar-refractivity contribution in [2.45, 2.75) is 20.8 Å². The predicted octanol–water partition coefficient (Wildman–Crippen LogP) is 3.77. The van der Waals surface area contributed by atoms with Gasteiger partial charge >= 0.3 is 12.0 Å². The van der Waals surface area contributed by atoms with E-state index in [0.29, 0.717) is 28.2 Å². The quantitative estimate of drug-likeness (QED) is 0.471. The second-order valence-corrected chi connectivity index (χ2v) is 7.76. The summed E-state index contributed by atoms with van der Waals surface area (Å²) in [7, 11) is 0. The van der Waals surface area contributed by atoms with Crippen LogP contribution < -0.4 is 10.2 Å². The second kappa shape index (κ2) is 8.23. The lowest BCUT2D eigenvalue weighted by Crippen LogP contribution is -2.54. The van der Waals surface area contributed by atoms with E-state index in [9.17, 15) is 24.3 Å². The monoisotopic (exact) mass is 443 g/mol. The Morgan fingerprint density at radius 3 is 2.39 bits per heavy atom. The highest BCUT2D eigenvalue weighted by Crippen LogP contribution is 2.27. The Labute approximate surface area is 189 Å². The molecule has 0 aliphatic carbocycles. The average molecular weight is 443 g/mol. The van der Waals surface area contributed by atoms with Crippen molar-refractivity contribution in [3.63, 3.8) is 0 Å². The summed E-state index contributed by atoms with van der Waals surface area (Å²) in [6.07, 6.45) is 1.45. The smallest absolute Gasteiger partial charge is 0.335 e. The molecular weight excluding hydrogens is 422 g/mol. The van der Waals surface area contributed by atoms with Gasteiger partial charge in [-0.1, -0.05) is 24.3 Å². The molecule has 1 aliphatic rings. The largest absolute Gasteiger partial charge is 0.478 e. The number of urea groups is 1. The normalized spacial score (nSPS) is 15.2. The molecule has 8 heteroatoms. The molecule has 0 atom stereocenters. The summed E-state index contributed by atoms with van der Waals surface area (Å²) >= 11 is 0. The van der Waals surface area contributed by atoms with Crippen LogP contribution in [0.5, 0.6) is 0 Å². The van der Waals surface area contributed by atoms with Gasteiger partial charge in [0.2, 0.25) is 0 Å². The van der Waals surface area contributed by atoms with Gasteiger partial charge in [0.15, 0.2) is 0 Å². The summed E-state index contributed by atoms with van der Waals surface area (Å²) in [6, 6.07) is 14.4. The zero-order chi connectivity index (χ0) is 23.9. The fraction of sp³-hybridized carbons (Fsp3) is 0.120. The number of benzene rings is 2. The van der Waals surface area contributed by atoms with Gasteiger partial charge in [0, 0.05) is 17.1 Å². The van der Waals surface area contributed by atoms with Crippen LogP contribution in [0.25, 0.3) is 11.8 Å². The Kier molecular flexibility index (Phi) is 5.43. The first-order valence-corrected chi connectivity index (χ1v) is 10.2. The maximum absolute atomic E-state index is 13.2. The van der Waals surface area contributed by atoms with Crippen molar-refractivity contribution in [2.75, 3.05) is 4.90 Å². The van der Waals surface area contributed by atoms with Gasteiger partial charge in [0.1, 0.15) is 5.57 Å². The standard InChI is InChI=1S/C25H21N3O5/c1-14-7-4-5-10-21(14)28-23(30)20(22(29)26-25(28)33)13-18-11-15(2)27(16(18)3)19-9-6-8-17(12-19)24(31)32/h4-13H,1-3H3,(H,31,32)(H,26,29,33)/b20-13+. The zero-order valence-electron chi connectivity index (χ0n) is 18.2. The first-order chi connectivity index (χ1) is 15.7. The third kappa shape index (κ3) is 3.82. The van der Waals surface area contributed by atoms with Crippen LogP contribution in [0.15, 0.2) is 60.2 Å². The number of hydrogen-bond donors (Lipinski definition) is 2. The Hall–Kier alpha value is -4.46. The molecule has 4 rings (SSSR count). The van der Waals surface area contributed by atoms with Crippen LogP contribution in [0, 0.1) is 20.8 Å². The van der Waals surface area contributed by atoms with Crippen LogP contribution in [0.4, 0.5) is 10.5 Å². The van der Waals surface area contributed by atoms with E-state index >= 15 is 0 Å². The molecule has 0 spiro atoms. The zero-order valence-corrected chi connectivity index (χ0v) is 18.2. The lowest BCUT2D eigenvalue weighted by atomic mass is 10.1. The van der Waals surface area contributed by atoms with Crippen LogP contribution in [-0.2, 0) is 9.59 Å². The van der Waals surface area contributed by atoms with Gasteiger partial charge in [0.05, 0.1) is 11.3 Å². The summed E-state index contributed by atoms with van der Waals surface area (Å²) in [5.74, 6) is -2.52. The highest BCUT2D eigenvalue weighted by Gasteiger charge is 2.37. The predicted molar refractivity (Wildman–Crippen MR) is 122 cm³/mol. The van der Waals surface area contributed by atoms with Gasteiger partial charge in [-0.2, -0.15) is 0 Å². The molecule has 1 aliphatic heterocycles. The molecule has 3 aromatic rings. The van der Waals surface area contributed by atoms with Crippen molar-refractivity contribution in [3.05, 3.63) is 88.2 Å². The summed E-state index contributed by atoms with van der Waals surface area (Å²) in [5.41, 5.74) is 3.84. The number of aryl methyl sites for hydroxylation is 2. The number of carbonyl (C=O) groups excluding carboxylic acids is 3. The average Bonchev–Trinajstić information content (AvgIpc) is 3.05. The van der Waals surface area contributed by atoms with E-state index in [2.05, 4.69) is 5.32 Å². The molecule has 0 bridgehead atoms. The molecule has 33 heavy (non-hydrogen) atoms. The third-order valence-electron chi connectivity index (χ3n) is 5.58. The summed E-state index contributed by atoms with van der Waals surface area (Å²) < 4.78 is 1.84. The molecule has 1 fully saturated rings. The number of carboxylic acid groups (broad SMARTS) is 1. The number of anilines is 1. The highest BCUT2D eigenvalue weighted by atomic mass is 16.4. The number of hydrogen-bond acceptors (Lipinski definition) is 4. The Morgan fingerprint density at radius 2 is 1.70 bits per heavy atom. The molecule has 166 valence electrons. The van der Waals surface area contributed by atoms with Crippen LogP contribution in [0.1, 0.15) is 32.9 Å². The number of barbiturate groups is 1. The summed E-state index contributed by atoms with van der Waals surface area (Å²) in [4.78, 5) is 50.5. The number of carboxylic acids is 1. The molecule has 0 radical (unpaired) electrons. The SMILES string of the molecule is Cc1ccccc1N1C(=O)NC(=O)/C(=C\c2cc(C)n(-c3cccc(C(=O)O)c3)c2C)C1=O. The number of aromatic nitrogens is 1. The summed E-state index contributed by atoms with van der Waals surface area (Å²) in [5, 5.41) is 11.5. The molecule has 2 N–H and O–H groups in total. The van der Waals surface area contributed by atoms with Crippen molar-refractivity contribution < 1.29 is 24.3 Å². The number of para-hydroxylation sites is 1. The van der Waals surface area contributed by atoms with Gasteiger partial charge in [-0.3, -0.25) is 14.9 Å². The van der Waals surface area contributed by atoms with Crippen LogP contribution >= 0.6 is 0 Å². The van der Waals surface area contributed by atoms with Crippen LogP contribution in [0.3, 0.4) is 0 Å². The lowest BCUT2D eigenvalue weighted by Gasteiger charge is -2.27. The number of rotatable bonds is 4. The molecule has 0 saturated carbocycles. The first kappa shape index (κ1) is 21.8. The minimum atomic E-state index is -1.04.